The molecular weight excluding hydrogens is 196 g/mol. The van der Waals surface area contributed by atoms with Gasteiger partial charge in [-0.2, -0.15) is 0 Å². The van der Waals surface area contributed by atoms with E-state index in [4.69, 9.17) is 5.11 Å². The van der Waals surface area contributed by atoms with E-state index in [0.29, 0.717) is 0 Å². The molecule has 0 aromatic rings. The standard InChI is InChI=1S/C15H28O/c1-5-7-8-9-12-15(3,4)14(6-2)11-10-13-16/h7-8,11,16H,5-6,9-10,12-13H2,1-4H3/b8-7-,14-11+. The van der Waals surface area contributed by atoms with Crippen molar-refractivity contribution in [2.24, 2.45) is 5.41 Å². The second-order valence-corrected chi connectivity index (χ2v) is 4.90. The Balaban J connectivity index is 4.30. The SMILES string of the molecule is CC/C=C\CCC(C)(C)/C(=C/CCO)CC. The van der Waals surface area contributed by atoms with E-state index in [1.165, 1.54) is 12.0 Å². The minimum absolute atomic E-state index is 0.259. The smallest absolute Gasteiger partial charge is 0.0465 e. The molecule has 16 heavy (non-hydrogen) atoms. The van der Waals surface area contributed by atoms with Gasteiger partial charge in [0.15, 0.2) is 0 Å². The Morgan fingerprint density at radius 3 is 2.31 bits per heavy atom. The minimum Gasteiger partial charge on any atom is -0.396 e. The van der Waals surface area contributed by atoms with E-state index in [9.17, 15) is 0 Å². The maximum Gasteiger partial charge on any atom is 0.0465 e. The lowest BCUT2D eigenvalue weighted by Crippen LogP contribution is -2.14. The molecule has 0 aliphatic carbocycles. The summed E-state index contributed by atoms with van der Waals surface area (Å²) in [6.07, 6.45) is 12.1. The van der Waals surface area contributed by atoms with Crippen molar-refractivity contribution in [2.45, 2.75) is 59.8 Å². The first-order valence-electron chi connectivity index (χ1n) is 6.53. The summed E-state index contributed by atoms with van der Waals surface area (Å²) in [4.78, 5) is 0. The second-order valence-electron chi connectivity index (χ2n) is 4.90. The van der Waals surface area contributed by atoms with Gasteiger partial charge in [0.25, 0.3) is 0 Å². The van der Waals surface area contributed by atoms with Gasteiger partial charge in [0.1, 0.15) is 0 Å². The lowest BCUT2D eigenvalue weighted by molar-refractivity contribution is 0.300. The first-order valence-corrected chi connectivity index (χ1v) is 6.53. The van der Waals surface area contributed by atoms with Gasteiger partial charge in [0, 0.05) is 6.61 Å². The van der Waals surface area contributed by atoms with Crippen molar-refractivity contribution < 1.29 is 5.11 Å². The molecule has 0 radical (unpaired) electrons. The average Bonchev–Trinajstić information content (AvgIpc) is 2.25. The predicted molar refractivity (Wildman–Crippen MR) is 72.5 cm³/mol. The van der Waals surface area contributed by atoms with Crippen LogP contribution in [0.3, 0.4) is 0 Å². The molecule has 0 aliphatic rings. The Labute approximate surface area is 101 Å². The Bertz CT molecular complexity index is 224. The minimum atomic E-state index is 0.259. The number of allylic oxidation sites excluding steroid dienone is 3. The zero-order chi connectivity index (χ0) is 12.4. The molecule has 0 aromatic carbocycles. The lowest BCUT2D eigenvalue weighted by atomic mass is 9.78. The highest BCUT2D eigenvalue weighted by molar-refractivity contribution is 5.12. The van der Waals surface area contributed by atoms with Crippen LogP contribution >= 0.6 is 0 Å². The first kappa shape index (κ1) is 15.4. The number of hydrogen-bond donors (Lipinski definition) is 1. The van der Waals surface area contributed by atoms with Gasteiger partial charge in [-0.1, -0.05) is 51.5 Å². The van der Waals surface area contributed by atoms with Gasteiger partial charge in [-0.25, -0.2) is 0 Å². The van der Waals surface area contributed by atoms with Crippen LogP contribution in [0.4, 0.5) is 0 Å². The normalized spacial score (nSPS) is 13.7. The molecule has 0 fully saturated rings. The van der Waals surface area contributed by atoms with Crippen molar-refractivity contribution in [3.05, 3.63) is 23.8 Å². The average molecular weight is 224 g/mol. The molecule has 0 rings (SSSR count). The quantitative estimate of drug-likeness (QED) is 0.603. The van der Waals surface area contributed by atoms with Crippen LogP contribution in [0.15, 0.2) is 23.8 Å². The Kier molecular flexibility index (Phi) is 8.28. The Hall–Kier alpha value is -0.560. The van der Waals surface area contributed by atoms with Crippen LogP contribution in [0.25, 0.3) is 0 Å². The van der Waals surface area contributed by atoms with E-state index in [-0.39, 0.29) is 12.0 Å². The molecule has 0 saturated carbocycles. The summed E-state index contributed by atoms with van der Waals surface area (Å²) in [5, 5.41) is 8.87. The van der Waals surface area contributed by atoms with Gasteiger partial charge >= 0.3 is 0 Å². The highest BCUT2D eigenvalue weighted by Crippen LogP contribution is 2.34. The maximum absolute atomic E-state index is 8.87. The largest absolute Gasteiger partial charge is 0.396 e. The lowest BCUT2D eigenvalue weighted by Gasteiger charge is -2.27. The number of rotatable bonds is 8. The molecule has 0 unspecified atom stereocenters. The van der Waals surface area contributed by atoms with Crippen LogP contribution < -0.4 is 0 Å². The van der Waals surface area contributed by atoms with Crippen LogP contribution in [0.1, 0.15) is 59.8 Å². The van der Waals surface area contributed by atoms with Crippen molar-refractivity contribution in [3.8, 4) is 0 Å². The fourth-order valence-corrected chi connectivity index (χ4v) is 2.03. The van der Waals surface area contributed by atoms with Gasteiger partial charge in [0.05, 0.1) is 0 Å². The van der Waals surface area contributed by atoms with Crippen molar-refractivity contribution in [1.82, 2.24) is 0 Å². The summed E-state index contributed by atoms with van der Waals surface area (Å²) in [5.41, 5.74) is 1.74. The summed E-state index contributed by atoms with van der Waals surface area (Å²) in [6, 6.07) is 0. The molecule has 0 aromatic heterocycles. The van der Waals surface area contributed by atoms with Crippen LogP contribution in [-0.2, 0) is 0 Å². The molecule has 1 nitrogen and oxygen atoms in total. The third kappa shape index (κ3) is 6.12. The van der Waals surface area contributed by atoms with Crippen molar-refractivity contribution in [1.29, 1.82) is 0 Å². The Morgan fingerprint density at radius 1 is 1.12 bits per heavy atom. The fourth-order valence-electron chi connectivity index (χ4n) is 2.03. The number of aliphatic hydroxyl groups is 1. The van der Waals surface area contributed by atoms with E-state index < -0.39 is 0 Å². The van der Waals surface area contributed by atoms with Crippen LogP contribution in [-0.4, -0.2) is 11.7 Å². The molecule has 0 saturated heterocycles. The van der Waals surface area contributed by atoms with Gasteiger partial charge in [-0.3, -0.25) is 0 Å². The highest BCUT2D eigenvalue weighted by atomic mass is 16.2. The van der Waals surface area contributed by atoms with Crippen molar-refractivity contribution in [2.75, 3.05) is 6.61 Å². The van der Waals surface area contributed by atoms with E-state index in [0.717, 1.165) is 25.7 Å². The molecule has 0 aliphatic heterocycles. The third-order valence-corrected chi connectivity index (χ3v) is 3.11. The van der Waals surface area contributed by atoms with E-state index in [1.807, 2.05) is 0 Å². The molecule has 0 bridgehead atoms. The fraction of sp³-hybridized carbons (Fsp3) is 0.733. The molecule has 0 amide bonds. The summed E-state index contributed by atoms with van der Waals surface area (Å²) >= 11 is 0. The topological polar surface area (TPSA) is 20.2 Å². The summed E-state index contributed by atoms with van der Waals surface area (Å²) in [7, 11) is 0. The number of hydrogen-bond acceptors (Lipinski definition) is 1. The zero-order valence-corrected chi connectivity index (χ0v) is 11.4. The maximum atomic E-state index is 8.87. The van der Waals surface area contributed by atoms with Crippen LogP contribution in [0.5, 0.6) is 0 Å². The van der Waals surface area contributed by atoms with Gasteiger partial charge in [-0.15, -0.1) is 0 Å². The molecule has 0 atom stereocenters. The summed E-state index contributed by atoms with van der Waals surface area (Å²) in [6.45, 7) is 9.24. The van der Waals surface area contributed by atoms with E-state index >= 15 is 0 Å². The summed E-state index contributed by atoms with van der Waals surface area (Å²) in [5.74, 6) is 0. The Morgan fingerprint density at radius 2 is 1.81 bits per heavy atom. The molecular formula is C15H28O. The number of aliphatic hydroxyl groups excluding tert-OH is 1. The van der Waals surface area contributed by atoms with Crippen molar-refractivity contribution >= 4 is 0 Å². The second kappa shape index (κ2) is 8.58. The van der Waals surface area contributed by atoms with Crippen LogP contribution in [0, 0.1) is 5.41 Å². The molecule has 0 heterocycles. The molecule has 1 N–H and O–H groups in total. The predicted octanol–water partition coefficient (Wildman–Crippen LogP) is 4.48. The first-order chi connectivity index (χ1) is 7.58. The van der Waals surface area contributed by atoms with Crippen molar-refractivity contribution in [3.63, 3.8) is 0 Å². The zero-order valence-electron chi connectivity index (χ0n) is 11.4. The molecule has 1 heteroatoms. The third-order valence-electron chi connectivity index (χ3n) is 3.11. The van der Waals surface area contributed by atoms with Crippen LogP contribution in [0.2, 0.25) is 0 Å². The summed E-state index contributed by atoms with van der Waals surface area (Å²) < 4.78 is 0. The van der Waals surface area contributed by atoms with Gasteiger partial charge in [0.2, 0.25) is 0 Å². The van der Waals surface area contributed by atoms with Gasteiger partial charge < -0.3 is 5.11 Å². The highest BCUT2D eigenvalue weighted by Gasteiger charge is 2.20. The monoisotopic (exact) mass is 224 g/mol. The van der Waals surface area contributed by atoms with Gasteiger partial charge in [-0.05, 0) is 37.5 Å². The van der Waals surface area contributed by atoms with E-state index in [1.54, 1.807) is 0 Å². The van der Waals surface area contributed by atoms with E-state index in [2.05, 4.69) is 45.9 Å². The molecule has 94 valence electrons. The molecule has 0 spiro atoms.